The SMILES string of the molecule is Cc1c(COc2cc(OCc3cncc(C#N)c3)c(CN[C@@](C)(CO)C(=O)O)cc2Cl)cccc1-c1cccc(-c2ccc3c(c2)C[C@@H](N)C3)c1C. The van der Waals surface area contributed by atoms with E-state index in [1.807, 2.05) is 12.1 Å². The molecule has 0 unspecified atom stereocenters. The summed E-state index contributed by atoms with van der Waals surface area (Å²) in [6.45, 7) is 5.38. The third-order valence-corrected chi connectivity index (χ3v) is 10.1. The summed E-state index contributed by atoms with van der Waals surface area (Å²) in [5.41, 5.74) is 16.8. The number of hydrogen-bond donors (Lipinski definition) is 4. The van der Waals surface area contributed by atoms with Gasteiger partial charge in [0.1, 0.15) is 36.3 Å². The van der Waals surface area contributed by atoms with Crippen molar-refractivity contribution in [3.8, 4) is 39.8 Å². The number of carboxylic acid groups (broad SMARTS) is 1. The number of nitrogens with zero attached hydrogens (tertiary/aromatic N) is 2. The molecule has 1 aliphatic rings. The fourth-order valence-electron chi connectivity index (χ4n) is 6.58. The largest absolute Gasteiger partial charge is 0.488 e. The minimum Gasteiger partial charge on any atom is -0.488 e. The number of aliphatic carboxylic acids is 1. The van der Waals surface area contributed by atoms with Gasteiger partial charge < -0.3 is 25.4 Å². The molecule has 10 heteroatoms. The average Bonchev–Trinajstić information content (AvgIpc) is 3.52. The third-order valence-electron chi connectivity index (χ3n) is 9.83. The molecule has 5 aromatic rings. The highest BCUT2D eigenvalue weighted by molar-refractivity contribution is 6.32. The number of carboxylic acids is 1. The van der Waals surface area contributed by atoms with Gasteiger partial charge in [-0.25, -0.2) is 0 Å². The molecule has 1 heterocycles. The molecule has 4 aromatic carbocycles. The van der Waals surface area contributed by atoms with Gasteiger partial charge in [0, 0.05) is 42.2 Å². The minimum atomic E-state index is -1.58. The number of carbonyl (C=O) groups is 1. The van der Waals surface area contributed by atoms with Gasteiger partial charge in [-0.2, -0.15) is 5.26 Å². The highest BCUT2D eigenvalue weighted by atomic mass is 35.5. The summed E-state index contributed by atoms with van der Waals surface area (Å²) < 4.78 is 12.5. The van der Waals surface area contributed by atoms with E-state index in [4.69, 9.17) is 26.8 Å². The molecule has 6 rings (SSSR count). The fraction of sp³-hybridized carbons (Fsp3) is 0.262. The Morgan fingerprint density at radius 1 is 0.942 bits per heavy atom. The van der Waals surface area contributed by atoms with Gasteiger partial charge in [0.15, 0.2) is 0 Å². The van der Waals surface area contributed by atoms with Crippen LogP contribution in [0.3, 0.4) is 0 Å². The van der Waals surface area contributed by atoms with Crippen molar-refractivity contribution in [3.63, 3.8) is 0 Å². The Labute approximate surface area is 308 Å². The van der Waals surface area contributed by atoms with Crippen LogP contribution in [0.5, 0.6) is 11.5 Å². The number of nitriles is 1. The molecule has 2 atom stereocenters. The maximum Gasteiger partial charge on any atom is 0.326 e. The van der Waals surface area contributed by atoms with Crippen molar-refractivity contribution in [2.75, 3.05) is 6.61 Å². The highest BCUT2D eigenvalue weighted by Crippen LogP contribution is 2.38. The molecule has 266 valence electrons. The summed E-state index contributed by atoms with van der Waals surface area (Å²) in [6.07, 6.45) is 4.90. The normalized spacial score (nSPS) is 14.7. The Kier molecular flexibility index (Phi) is 10.9. The van der Waals surface area contributed by atoms with Gasteiger partial charge in [-0.3, -0.25) is 15.1 Å². The molecule has 0 spiro atoms. The minimum absolute atomic E-state index is 0.0355. The number of aliphatic hydroxyl groups is 1. The molecular weight excluding hydrogens is 676 g/mol. The fourth-order valence-corrected chi connectivity index (χ4v) is 6.83. The van der Waals surface area contributed by atoms with Crippen molar-refractivity contribution >= 4 is 17.6 Å². The Hall–Kier alpha value is -5.24. The zero-order valence-corrected chi connectivity index (χ0v) is 30.1. The third kappa shape index (κ3) is 7.81. The predicted molar refractivity (Wildman–Crippen MR) is 201 cm³/mol. The summed E-state index contributed by atoms with van der Waals surface area (Å²) >= 11 is 6.75. The van der Waals surface area contributed by atoms with E-state index in [0.29, 0.717) is 33.2 Å². The number of nitrogens with one attached hydrogen (secondary N) is 1. The number of aromatic nitrogens is 1. The molecule has 0 fully saturated rings. The van der Waals surface area contributed by atoms with Crippen molar-refractivity contribution in [1.82, 2.24) is 10.3 Å². The van der Waals surface area contributed by atoms with Crippen molar-refractivity contribution < 1.29 is 24.5 Å². The van der Waals surface area contributed by atoms with E-state index in [1.54, 1.807) is 24.4 Å². The van der Waals surface area contributed by atoms with Crippen molar-refractivity contribution in [3.05, 3.63) is 135 Å². The van der Waals surface area contributed by atoms with Crippen molar-refractivity contribution in [2.45, 2.75) is 65.0 Å². The molecule has 0 radical (unpaired) electrons. The molecule has 0 saturated carbocycles. The average molecular weight is 717 g/mol. The molecule has 9 nitrogen and oxygen atoms in total. The van der Waals surface area contributed by atoms with E-state index in [2.05, 4.69) is 72.7 Å². The summed E-state index contributed by atoms with van der Waals surface area (Å²) in [4.78, 5) is 15.9. The Morgan fingerprint density at radius 3 is 2.40 bits per heavy atom. The van der Waals surface area contributed by atoms with E-state index in [0.717, 1.165) is 35.1 Å². The van der Waals surface area contributed by atoms with Crippen LogP contribution in [0, 0.1) is 25.2 Å². The Morgan fingerprint density at radius 2 is 1.65 bits per heavy atom. The Balaban J connectivity index is 1.26. The lowest BCUT2D eigenvalue weighted by atomic mass is 9.89. The van der Waals surface area contributed by atoms with Gasteiger partial charge in [0.2, 0.25) is 0 Å². The van der Waals surface area contributed by atoms with Crippen LogP contribution in [0.15, 0.2) is 85.2 Å². The molecule has 1 aliphatic carbocycles. The molecule has 0 aliphatic heterocycles. The first kappa shape index (κ1) is 36.5. The standard InChI is InChI=1S/C42H41ClN4O5/c1-25-31(6-4-8-36(25)37-9-5-7-35(26(37)2)30-11-10-29-14-34(45)15-32(29)13-30)23-52-40-17-39(51-22-28-12-27(18-44)19-46-20-28)33(16-38(40)43)21-47-42(3,24-48)41(49)50/h4-13,16-17,19-20,34,47-48H,14-15,21-24,45H2,1-3H3,(H,49,50)/t34-,42-/m0/s1. The van der Waals surface area contributed by atoms with Crippen molar-refractivity contribution in [2.24, 2.45) is 5.73 Å². The van der Waals surface area contributed by atoms with Crippen LogP contribution in [-0.2, 0) is 37.4 Å². The molecule has 5 N–H and O–H groups in total. The van der Waals surface area contributed by atoms with Crippen LogP contribution in [-0.4, -0.2) is 39.4 Å². The lowest BCUT2D eigenvalue weighted by Crippen LogP contribution is -2.52. The van der Waals surface area contributed by atoms with Crippen molar-refractivity contribution in [1.29, 1.82) is 5.26 Å². The van der Waals surface area contributed by atoms with Crippen LogP contribution in [0.25, 0.3) is 22.3 Å². The Bertz CT molecular complexity index is 2180. The molecule has 52 heavy (non-hydrogen) atoms. The number of aliphatic hydroxyl groups excluding tert-OH is 1. The number of benzene rings is 4. The van der Waals surface area contributed by atoms with Crippen LogP contribution in [0.2, 0.25) is 5.02 Å². The number of rotatable bonds is 13. The monoisotopic (exact) mass is 716 g/mol. The first-order valence-corrected chi connectivity index (χ1v) is 17.4. The lowest BCUT2D eigenvalue weighted by Gasteiger charge is -2.25. The quantitative estimate of drug-likeness (QED) is 0.100. The summed E-state index contributed by atoms with van der Waals surface area (Å²) in [5.74, 6) is -0.422. The molecule has 1 aromatic heterocycles. The molecular formula is C42H41ClN4O5. The van der Waals surface area contributed by atoms with E-state index in [-0.39, 0.29) is 25.8 Å². The van der Waals surface area contributed by atoms with Crippen LogP contribution in [0.1, 0.15) is 51.4 Å². The summed E-state index contributed by atoms with van der Waals surface area (Å²) in [5, 5.41) is 31.9. The van der Waals surface area contributed by atoms with E-state index < -0.39 is 18.1 Å². The van der Waals surface area contributed by atoms with Gasteiger partial charge in [0.05, 0.1) is 17.2 Å². The smallest absolute Gasteiger partial charge is 0.326 e. The number of hydrogen-bond acceptors (Lipinski definition) is 8. The molecule has 0 saturated heterocycles. The second-order valence-corrected chi connectivity index (χ2v) is 13.9. The summed E-state index contributed by atoms with van der Waals surface area (Å²) in [7, 11) is 0. The second kappa shape index (κ2) is 15.6. The number of ether oxygens (including phenoxy) is 2. The predicted octanol–water partition coefficient (Wildman–Crippen LogP) is 7.07. The van der Waals surface area contributed by atoms with Gasteiger partial charge in [-0.15, -0.1) is 0 Å². The second-order valence-electron chi connectivity index (χ2n) is 13.5. The topological polar surface area (TPSA) is 151 Å². The van der Waals surface area contributed by atoms with Gasteiger partial charge in [-0.05, 0) is 95.8 Å². The van der Waals surface area contributed by atoms with Gasteiger partial charge in [-0.1, -0.05) is 66.2 Å². The van der Waals surface area contributed by atoms with Crippen LogP contribution in [0.4, 0.5) is 0 Å². The molecule has 0 amide bonds. The van der Waals surface area contributed by atoms with Crippen LogP contribution >= 0.6 is 11.6 Å². The first-order chi connectivity index (χ1) is 25.0. The van der Waals surface area contributed by atoms with Crippen LogP contribution < -0.4 is 20.5 Å². The molecule has 0 bridgehead atoms. The summed E-state index contributed by atoms with van der Waals surface area (Å²) in [6, 6.07) is 26.6. The van der Waals surface area contributed by atoms with E-state index in [9.17, 15) is 20.3 Å². The first-order valence-electron chi connectivity index (χ1n) is 17.1. The van der Waals surface area contributed by atoms with Gasteiger partial charge in [0.25, 0.3) is 0 Å². The number of nitrogens with two attached hydrogens (primary N) is 1. The number of halogens is 1. The zero-order valence-electron chi connectivity index (χ0n) is 29.4. The van der Waals surface area contributed by atoms with E-state index in [1.165, 1.54) is 40.9 Å². The van der Waals surface area contributed by atoms with E-state index >= 15 is 0 Å². The maximum absolute atomic E-state index is 11.8. The zero-order chi connectivity index (χ0) is 37.0. The number of pyridine rings is 1. The van der Waals surface area contributed by atoms with Gasteiger partial charge >= 0.3 is 5.97 Å². The number of fused-ring (bicyclic) bond motifs is 1. The maximum atomic E-state index is 11.8. The highest BCUT2D eigenvalue weighted by Gasteiger charge is 2.32. The lowest BCUT2D eigenvalue weighted by molar-refractivity contribution is -0.145.